The van der Waals surface area contributed by atoms with Gasteiger partial charge in [0.15, 0.2) is 0 Å². The number of benzene rings is 2. The van der Waals surface area contributed by atoms with Gasteiger partial charge in [-0.15, -0.1) is 0 Å². The smallest absolute Gasteiger partial charge is 0.251 e. The molecule has 2 amide bonds. The van der Waals surface area contributed by atoms with E-state index in [-0.39, 0.29) is 18.2 Å². The number of hydrogen-bond donors (Lipinski definition) is 2. The van der Waals surface area contributed by atoms with Crippen LogP contribution in [-0.2, 0) is 16.1 Å². The van der Waals surface area contributed by atoms with Crippen molar-refractivity contribution in [1.29, 1.82) is 0 Å². The summed E-state index contributed by atoms with van der Waals surface area (Å²) in [5, 5.41) is 5.60. The highest BCUT2D eigenvalue weighted by molar-refractivity contribution is 5.94. The quantitative estimate of drug-likeness (QED) is 0.645. The molecular formula is C21H26N2O3. The van der Waals surface area contributed by atoms with Gasteiger partial charge in [-0.1, -0.05) is 48.0 Å². The van der Waals surface area contributed by atoms with Crippen molar-refractivity contribution >= 4 is 11.8 Å². The Labute approximate surface area is 154 Å². The van der Waals surface area contributed by atoms with E-state index in [1.165, 1.54) is 0 Å². The van der Waals surface area contributed by atoms with E-state index in [0.717, 1.165) is 17.5 Å². The van der Waals surface area contributed by atoms with E-state index in [1.54, 1.807) is 6.07 Å². The van der Waals surface area contributed by atoms with Crippen molar-refractivity contribution < 1.29 is 14.3 Å². The molecule has 138 valence electrons. The van der Waals surface area contributed by atoms with Gasteiger partial charge in [0.1, 0.15) is 0 Å². The molecule has 0 heterocycles. The summed E-state index contributed by atoms with van der Waals surface area (Å²) in [6.07, 6.45) is 1.02. The van der Waals surface area contributed by atoms with Crippen LogP contribution in [-0.4, -0.2) is 31.5 Å². The lowest BCUT2D eigenvalue weighted by Gasteiger charge is -2.08. The molecule has 26 heavy (non-hydrogen) atoms. The molecule has 0 saturated heterocycles. The third-order valence-electron chi connectivity index (χ3n) is 3.82. The first-order chi connectivity index (χ1) is 12.6. The van der Waals surface area contributed by atoms with Crippen LogP contribution >= 0.6 is 0 Å². The predicted octanol–water partition coefficient (Wildman–Crippen LogP) is 2.84. The van der Waals surface area contributed by atoms with E-state index in [1.807, 2.05) is 55.5 Å². The van der Waals surface area contributed by atoms with Crippen molar-refractivity contribution in [2.75, 3.05) is 19.7 Å². The zero-order valence-corrected chi connectivity index (χ0v) is 15.2. The molecule has 0 unspecified atom stereocenters. The Balaban J connectivity index is 1.50. The second-order valence-electron chi connectivity index (χ2n) is 6.12. The minimum Gasteiger partial charge on any atom is -0.377 e. The van der Waals surface area contributed by atoms with Gasteiger partial charge >= 0.3 is 0 Å². The van der Waals surface area contributed by atoms with Crippen LogP contribution in [0.25, 0.3) is 0 Å². The number of carbonyl (C=O) groups is 2. The Kier molecular flexibility index (Phi) is 8.36. The van der Waals surface area contributed by atoms with Gasteiger partial charge in [0.05, 0.1) is 6.61 Å². The molecule has 0 atom stereocenters. The number of amides is 2. The van der Waals surface area contributed by atoms with Crippen LogP contribution in [0.5, 0.6) is 0 Å². The van der Waals surface area contributed by atoms with Crippen LogP contribution < -0.4 is 10.6 Å². The van der Waals surface area contributed by atoms with E-state index < -0.39 is 0 Å². The van der Waals surface area contributed by atoms with Crippen LogP contribution in [0.4, 0.5) is 0 Å². The van der Waals surface area contributed by atoms with Crippen LogP contribution in [0.2, 0.25) is 0 Å². The number of carbonyl (C=O) groups excluding carboxylic acids is 2. The zero-order valence-electron chi connectivity index (χ0n) is 15.2. The Morgan fingerprint density at radius 2 is 1.77 bits per heavy atom. The Morgan fingerprint density at radius 3 is 2.54 bits per heavy atom. The molecule has 2 aromatic carbocycles. The third kappa shape index (κ3) is 7.49. The molecule has 0 aliphatic rings. The number of aryl methyl sites for hydroxylation is 1. The first-order valence-electron chi connectivity index (χ1n) is 8.88. The summed E-state index contributed by atoms with van der Waals surface area (Å²) in [5.41, 5.74) is 2.78. The van der Waals surface area contributed by atoms with Gasteiger partial charge in [-0.3, -0.25) is 9.59 Å². The zero-order chi connectivity index (χ0) is 18.6. The number of nitrogens with one attached hydrogen (secondary N) is 2. The van der Waals surface area contributed by atoms with E-state index in [0.29, 0.717) is 31.9 Å². The fraction of sp³-hybridized carbons (Fsp3) is 0.333. The van der Waals surface area contributed by atoms with Crippen LogP contribution in [0.1, 0.15) is 34.3 Å². The summed E-state index contributed by atoms with van der Waals surface area (Å²) in [4.78, 5) is 23.7. The maximum absolute atomic E-state index is 12.0. The van der Waals surface area contributed by atoms with E-state index in [4.69, 9.17) is 4.74 Å². The lowest BCUT2D eigenvalue weighted by Crippen LogP contribution is -2.31. The van der Waals surface area contributed by atoms with Gasteiger partial charge in [0.25, 0.3) is 5.91 Å². The maximum atomic E-state index is 12.0. The molecule has 5 nitrogen and oxygen atoms in total. The molecule has 0 fully saturated rings. The largest absolute Gasteiger partial charge is 0.377 e. The average Bonchev–Trinajstić information content (AvgIpc) is 2.65. The lowest BCUT2D eigenvalue weighted by atomic mass is 10.1. The van der Waals surface area contributed by atoms with Crippen LogP contribution in [0.15, 0.2) is 54.6 Å². The molecule has 0 spiro atoms. The number of rotatable bonds is 10. The van der Waals surface area contributed by atoms with E-state index in [2.05, 4.69) is 10.6 Å². The molecule has 0 radical (unpaired) electrons. The normalized spacial score (nSPS) is 10.3. The molecule has 0 aliphatic carbocycles. The van der Waals surface area contributed by atoms with Crippen molar-refractivity contribution in [2.45, 2.75) is 26.4 Å². The summed E-state index contributed by atoms with van der Waals surface area (Å²) < 4.78 is 5.56. The minimum absolute atomic E-state index is 0.0717. The summed E-state index contributed by atoms with van der Waals surface area (Å²) >= 11 is 0. The topological polar surface area (TPSA) is 67.4 Å². The highest BCUT2D eigenvalue weighted by Crippen LogP contribution is 2.03. The molecule has 5 heteroatoms. The van der Waals surface area contributed by atoms with Gasteiger partial charge in [0.2, 0.25) is 5.91 Å². The Bertz CT molecular complexity index is 701. The van der Waals surface area contributed by atoms with E-state index >= 15 is 0 Å². The Hall–Kier alpha value is -2.66. The van der Waals surface area contributed by atoms with E-state index in [9.17, 15) is 9.59 Å². The molecule has 2 rings (SSSR count). The molecule has 0 saturated carbocycles. The number of hydrogen-bond acceptors (Lipinski definition) is 3. The minimum atomic E-state index is -0.157. The second kappa shape index (κ2) is 11.1. The van der Waals surface area contributed by atoms with Crippen molar-refractivity contribution in [2.24, 2.45) is 0 Å². The van der Waals surface area contributed by atoms with Crippen molar-refractivity contribution in [3.05, 3.63) is 71.3 Å². The maximum Gasteiger partial charge on any atom is 0.251 e. The second-order valence-corrected chi connectivity index (χ2v) is 6.12. The number of ether oxygens (including phenoxy) is 1. The first-order valence-corrected chi connectivity index (χ1v) is 8.88. The summed E-state index contributed by atoms with van der Waals surface area (Å²) in [6.45, 7) is 4.01. The lowest BCUT2D eigenvalue weighted by molar-refractivity contribution is -0.121. The SMILES string of the molecule is Cc1cccc(C(=O)NCCC(=O)NCCCOCc2ccccc2)c1. The predicted molar refractivity (Wildman–Crippen MR) is 102 cm³/mol. The Morgan fingerprint density at radius 1 is 0.962 bits per heavy atom. The van der Waals surface area contributed by atoms with Gasteiger partial charge < -0.3 is 15.4 Å². The first kappa shape index (κ1) is 19.7. The molecule has 2 aromatic rings. The fourth-order valence-electron chi connectivity index (χ4n) is 2.43. The summed E-state index contributed by atoms with van der Waals surface area (Å²) in [6, 6.07) is 17.3. The van der Waals surface area contributed by atoms with Gasteiger partial charge in [0, 0.05) is 31.7 Å². The van der Waals surface area contributed by atoms with Crippen molar-refractivity contribution in [3.63, 3.8) is 0 Å². The summed E-state index contributed by atoms with van der Waals surface area (Å²) in [7, 11) is 0. The molecule has 0 aromatic heterocycles. The fourth-order valence-corrected chi connectivity index (χ4v) is 2.43. The summed E-state index contributed by atoms with van der Waals surface area (Å²) in [5.74, 6) is -0.228. The molecule has 2 N–H and O–H groups in total. The van der Waals surface area contributed by atoms with Crippen molar-refractivity contribution in [3.8, 4) is 0 Å². The standard InChI is InChI=1S/C21H26N2O3/c1-17-7-5-10-19(15-17)21(25)23-13-11-20(24)22-12-6-14-26-16-18-8-3-2-4-9-18/h2-5,7-10,15H,6,11-14,16H2,1H3,(H,22,24)(H,23,25). The molecule has 0 bridgehead atoms. The average molecular weight is 354 g/mol. The van der Waals surface area contributed by atoms with Crippen LogP contribution in [0, 0.1) is 6.92 Å². The highest BCUT2D eigenvalue weighted by Gasteiger charge is 2.06. The highest BCUT2D eigenvalue weighted by atomic mass is 16.5. The third-order valence-corrected chi connectivity index (χ3v) is 3.82. The monoisotopic (exact) mass is 354 g/mol. The van der Waals surface area contributed by atoms with Gasteiger partial charge in [-0.2, -0.15) is 0 Å². The van der Waals surface area contributed by atoms with Crippen LogP contribution in [0.3, 0.4) is 0 Å². The van der Waals surface area contributed by atoms with Crippen molar-refractivity contribution in [1.82, 2.24) is 10.6 Å². The molecule has 0 aliphatic heterocycles. The van der Waals surface area contributed by atoms with Gasteiger partial charge in [-0.05, 0) is 31.0 Å². The van der Waals surface area contributed by atoms with Gasteiger partial charge in [-0.25, -0.2) is 0 Å². The molecular weight excluding hydrogens is 328 g/mol.